The Hall–Kier alpha value is -0.680. The minimum atomic E-state index is -0.739. The largest absolute Gasteiger partial charge is 0.309 e. The molecule has 0 aliphatic heterocycles. The summed E-state index contributed by atoms with van der Waals surface area (Å²) in [4.78, 5) is 0. The highest BCUT2D eigenvalue weighted by molar-refractivity contribution is 7.84. The molecule has 1 N–H and O–H groups in total. The van der Waals surface area contributed by atoms with Gasteiger partial charge in [0.1, 0.15) is 0 Å². The number of nitrogens with zero attached hydrogens (tertiary/aromatic N) is 2. The molecule has 1 aromatic heterocycles. The number of rotatable bonds is 6. The van der Waals surface area contributed by atoms with Crippen LogP contribution in [-0.2, 0) is 17.3 Å². The fraction of sp³-hybridized carbons (Fsp3) is 0.727. The highest BCUT2D eigenvalue weighted by Crippen LogP contribution is 2.05. The van der Waals surface area contributed by atoms with E-state index in [0.29, 0.717) is 11.8 Å². The molecule has 0 aromatic carbocycles. The number of aromatic nitrogens is 2. The molecular weight excluding hydrogens is 222 g/mol. The van der Waals surface area contributed by atoms with Gasteiger partial charge in [0.15, 0.2) is 0 Å². The lowest BCUT2D eigenvalue weighted by Gasteiger charge is -2.10. The van der Waals surface area contributed by atoms with Crippen LogP contribution in [-0.4, -0.2) is 32.0 Å². The molecule has 0 radical (unpaired) electrons. The molecule has 0 amide bonds. The fourth-order valence-electron chi connectivity index (χ4n) is 1.45. The molecule has 92 valence electrons. The summed E-state index contributed by atoms with van der Waals surface area (Å²) in [5, 5.41) is 7.61. The maximum absolute atomic E-state index is 11.0. The van der Waals surface area contributed by atoms with Crippen molar-refractivity contribution in [2.45, 2.75) is 39.4 Å². The van der Waals surface area contributed by atoms with Crippen LogP contribution in [0.2, 0.25) is 0 Å². The Kier molecular flexibility index (Phi) is 5.15. The second-order valence-corrected chi connectivity index (χ2v) is 5.92. The highest BCUT2D eigenvalue weighted by Gasteiger charge is 2.05. The van der Waals surface area contributed by atoms with Gasteiger partial charge in [-0.2, -0.15) is 5.10 Å². The van der Waals surface area contributed by atoms with E-state index in [0.717, 1.165) is 6.54 Å². The van der Waals surface area contributed by atoms with Gasteiger partial charge < -0.3 is 5.32 Å². The van der Waals surface area contributed by atoms with E-state index in [2.05, 4.69) is 24.3 Å². The van der Waals surface area contributed by atoms with Crippen molar-refractivity contribution in [2.75, 3.05) is 12.0 Å². The van der Waals surface area contributed by atoms with E-state index in [1.165, 1.54) is 5.56 Å². The lowest BCUT2D eigenvalue weighted by Crippen LogP contribution is -2.30. The standard InChI is InChI=1S/C11H21N3OS/c1-9(2)14-7-11(6-13-14)5-12-10(3)8-16(4)15/h6-7,9-10,12H,5,8H2,1-4H3. The van der Waals surface area contributed by atoms with Gasteiger partial charge in [-0.1, -0.05) is 0 Å². The molecule has 5 heteroatoms. The molecule has 1 aromatic rings. The van der Waals surface area contributed by atoms with Crippen LogP contribution in [0, 0.1) is 0 Å². The first-order valence-corrected chi connectivity index (χ1v) is 7.28. The van der Waals surface area contributed by atoms with E-state index in [-0.39, 0.29) is 6.04 Å². The van der Waals surface area contributed by atoms with Crippen molar-refractivity contribution in [3.05, 3.63) is 18.0 Å². The van der Waals surface area contributed by atoms with E-state index in [4.69, 9.17) is 0 Å². The lowest BCUT2D eigenvalue weighted by atomic mass is 10.3. The summed E-state index contributed by atoms with van der Waals surface area (Å²) in [5.74, 6) is 0.693. The molecule has 0 spiro atoms. The maximum atomic E-state index is 11.0. The number of nitrogens with one attached hydrogen (secondary N) is 1. The van der Waals surface area contributed by atoms with Crippen molar-refractivity contribution < 1.29 is 4.21 Å². The van der Waals surface area contributed by atoms with E-state index in [1.807, 2.05) is 24.0 Å². The predicted molar refractivity (Wildman–Crippen MR) is 67.8 cm³/mol. The number of hydrogen-bond acceptors (Lipinski definition) is 3. The Morgan fingerprint density at radius 2 is 2.19 bits per heavy atom. The highest BCUT2D eigenvalue weighted by atomic mass is 32.2. The lowest BCUT2D eigenvalue weighted by molar-refractivity contribution is 0.531. The Bertz CT molecular complexity index is 349. The minimum Gasteiger partial charge on any atom is -0.309 e. The molecule has 2 unspecified atom stereocenters. The van der Waals surface area contributed by atoms with Gasteiger partial charge in [0.05, 0.1) is 6.20 Å². The first kappa shape index (κ1) is 13.4. The topological polar surface area (TPSA) is 46.9 Å². The maximum Gasteiger partial charge on any atom is 0.0534 e. The summed E-state index contributed by atoms with van der Waals surface area (Å²) in [6, 6.07) is 0.669. The molecule has 0 saturated heterocycles. The van der Waals surface area contributed by atoms with Gasteiger partial charge in [0.25, 0.3) is 0 Å². The average Bonchev–Trinajstić information content (AvgIpc) is 2.61. The third-order valence-corrected chi connectivity index (χ3v) is 3.29. The molecule has 0 aliphatic rings. The first-order chi connectivity index (χ1) is 7.49. The molecule has 0 saturated carbocycles. The second-order valence-electron chi connectivity index (χ2n) is 4.44. The second kappa shape index (κ2) is 6.15. The van der Waals surface area contributed by atoms with Crippen LogP contribution in [0.3, 0.4) is 0 Å². The molecule has 0 bridgehead atoms. The SMILES string of the molecule is CC(CS(C)=O)NCc1cnn(C(C)C)c1. The van der Waals surface area contributed by atoms with Crippen molar-refractivity contribution in [1.82, 2.24) is 15.1 Å². The van der Waals surface area contributed by atoms with Gasteiger partial charge in [-0.05, 0) is 20.8 Å². The van der Waals surface area contributed by atoms with Crippen LogP contribution in [0.25, 0.3) is 0 Å². The van der Waals surface area contributed by atoms with Crippen LogP contribution in [0.1, 0.15) is 32.4 Å². The van der Waals surface area contributed by atoms with Crippen molar-refractivity contribution in [2.24, 2.45) is 0 Å². The molecule has 1 rings (SSSR count). The van der Waals surface area contributed by atoms with E-state index in [9.17, 15) is 4.21 Å². The van der Waals surface area contributed by atoms with Crippen molar-refractivity contribution >= 4 is 10.8 Å². The Balaban J connectivity index is 2.39. The zero-order chi connectivity index (χ0) is 12.1. The Labute approximate surface area is 99.9 Å². The van der Waals surface area contributed by atoms with Crippen LogP contribution in [0.15, 0.2) is 12.4 Å². The van der Waals surface area contributed by atoms with E-state index >= 15 is 0 Å². The van der Waals surface area contributed by atoms with Crippen LogP contribution in [0.4, 0.5) is 0 Å². The zero-order valence-corrected chi connectivity index (χ0v) is 11.3. The molecule has 1 heterocycles. The van der Waals surface area contributed by atoms with Gasteiger partial charge in [-0.15, -0.1) is 0 Å². The monoisotopic (exact) mass is 243 g/mol. The van der Waals surface area contributed by atoms with Crippen molar-refractivity contribution in [3.63, 3.8) is 0 Å². The Morgan fingerprint density at radius 1 is 1.50 bits per heavy atom. The molecular formula is C11H21N3OS. The van der Waals surface area contributed by atoms with Crippen molar-refractivity contribution in [1.29, 1.82) is 0 Å². The van der Waals surface area contributed by atoms with Gasteiger partial charge in [0, 0.05) is 53.2 Å². The molecule has 2 atom stereocenters. The fourth-order valence-corrected chi connectivity index (χ4v) is 2.28. The van der Waals surface area contributed by atoms with Crippen molar-refractivity contribution in [3.8, 4) is 0 Å². The first-order valence-electron chi connectivity index (χ1n) is 5.55. The summed E-state index contributed by atoms with van der Waals surface area (Å²) < 4.78 is 13.0. The molecule has 16 heavy (non-hydrogen) atoms. The summed E-state index contributed by atoms with van der Waals surface area (Å²) in [6.07, 6.45) is 5.66. The van der Waals surface area contributed by atoms with Gasteiger partial charge in [0.2, 0.25) is 0 Å². The van der Waals surface area contributed by atoms with Crippen LogP contribution >= 0.6 is 0 Å². The van der Waals surface area contributed by atoms with E-state index in [1.54, 1.807) is 6.26 Å². The number of hydrogen-bond donors (Lipinski definition) is 1. The summed E-state index contributed by atoms with van der Waals surface area (Å²) >= 11 is 0. The summed E-state index contributed by atoms with van der Waals surface area (Å²) in [5.41, 5.74) is 1.17. The third-order valence-electron chi connectivity index (χ3n) is 2.32. The van der Waals surface area contributed by atoms with Gasteiger partial charge in [-0.25, -0.2) is 0 Å². The minimum absolute atomic E-state index is 0.272. The van der Waals surface area contributed by atoms with Crippen LogP contribution in [0.5, 0.6) is 0 Å². The van der Waals surface area contributed by atoms with Crippen LogP contribution < -0.4 is 5.32 Å². The molecule has 4 nitrogen and oxygen atoms in total. The normalized spacial score (nSPS) is 15.3. The van der Waals surface area contributed by atoms with Gasteiger partial charge >= 0.3 is 0 Å². The third kappa shape index (κ3) is 4.45. The Morgan fingerprint density at radius 3 is 2.69 bits per heavy atom. The molecule has 0 aliphatic carbocycles. The molecule has 0 fully saturated rings. The summed E-state index contributed by atoms with van der Waals surface area (Å²) in [7, 11) is -0.739. The quantitative estimate of drug-likeness (QED) is 0.819. The average molecular weight is 243 g/mol. The van der Waals surface area contributed by atoms with Gasteiger partial charge in [-0.3, -0.25) is 8.89 Å². The summed E-state index contributed by atoms with van der Waals surface area (Å²) in [6.45, 7) is 7.04. The zero-order valence-electron chi connectivity index (χ0n) is 10.4. The smallest absolute Gasteiger partial charge is 0.0534 e. The van der Waals surface area contributed by atoms with E-state index < -0.39 is 10.8 Å². The predicted octanol–water partition coefficient (Wildman–Crippen LogP) is 1.32.